The summed E-state index contributed by atoms with van der Waals surface area (Å²) in [7, 11) is 0. The van der Waals surface area contributed by atoms with E-state index in [9.17, 15) is 0 Å². The molecule has 0 fully saturated rings. The lowest BCUT2D eigenvalue weighted by Gasteiger charge is -2.26. The van der Waals surface area contributed by atoms with Crippen LogP contribution in [0.4, 0.5) is 17.1 Å². The first-order chi connectivity index (χ1) is 22.3. The number of nitrogens with zero attached hydrogens (tertiary/aromatic N) is 2. The van der Waals surface area contributed by atoms with E-state index in [2.05, 4.69) is 179 Å². The van der Waals surface area contributed by atoms with Crippen molar-refractivity contribution in [1.82, 2.24) is 4.57 Å². The molecular weight excluding hydrogens is 544 g/mol. The highest BCUT2D eigenvalue weighted by molar-refractivity contribution is 6.13. The summed E-state index contributed by atoms with van der Waals surface area (Å²) in [5.74, 6) is 0. The quantitative estimate of drug-likeness (QED) is 0.198. The van der Waals surface area contributed by atoms with Crippen molar-refractivity contribution in [1.29, 1.82) is 0 Å². The summed E-state index contributed by atoms with van der Waals surface area (Å²) in [5.41, 5.74) is 15.1. The van der Waals surface area contributed by atoms with E-state index in [-0.39, 0.29) is 0 Å². The Morgan fingerprint density at radius 2 is 1.02 bits per heavy atom. The van der Waals surface area contributed by atoms with Gasteiger partial charge in [0.25, 0.3) is 0 Å². The SMILES string of the molecule is c1ccc(-c2ccc(N(c3ccccc3)c3ccc(-n4c5ccccc5c5c6c(ccc54)-c4ccccc4C6)cc3)cc2)cc1. The molecule has 0 bridgehead atoms. The van der Waals surface area contributed by atoms with Crippen LogP contribution in [0.25, 0.3) is 49.7 Å². The Morgan fingerprint density at radius 1 is 0.422 bits per heavy atom. The average Bonchev–Trinajstić information content (AvgIpc) is 3.66. The van der Waals surface area contributed by atoms with Crippen LogP contribution < -0.4 is 4.90 Å². The second kappa shape index (κ2) is 10.4. The molecule has 1 heterocycles. The molecule has 1 aromatic heterocycles. The maximum atomic E-state index is 2.43. The number of para-hydroxylation sites is 2. The molecule has 0 atom stereocenters. The lowest BCUT2D eigenvalue weighted by atomic mass is 10.0. The summed E-state index contributed by atoms with van der Waals surface area (Å²) in [6.07, 6.45) is 0.977. The van der Waals surface area contributed by atoms with Crippen LogP contribution in [0.5, 0.6) is 0 Å². The highest BCUT2D eigenvalue weighted by atomic mass is 15.1. The second-order valence-corrected chi connectivity index (χ2v) is 11.8. The standard InChI is InChI=1S/C43H30N2/c1-3-11-30(12-4-1)31-19-21-34(22-20-31)44(33-14-5-2-6-15-33)35-23-25-36(26-24-35)45-41-18-10-9-17-39(41)43-40-29-32-13-7-8-16-37(32)38(40)27-28-42(43)45/h1-28H,29H2. The molecule has 2 heteroatoms. The van der Waals surface area contributed by atoms with Gasteiger partial charge < -0.3 is 9.47 Å². The Balaban J connectivity index is 1.15. The molecule has 45 heavy (non-hydrogen) atoms. The van der Waals surface area contributed by atoms with E-state index in [1.165, 1.54) is 55.2 Å². The van der Waals surface area contributed by atoms with Crippen molar-refractivity contribution in [2.24, 2.45) is 0 Å². The molecule has 9 rings (SSSR count). The van der Waals surface area contributed by atoms with Gasteiger partial charge >= 0.3 is 0 Å². The molecule has 0 spiro atoms. The molecule has 0 unspecified atom stereocenters. The Hall–Kier alpha value is -5.86. The first-order valence-electron chi connectivity index (χ1n) is 15.6. The molecule has 2 nitrogen and oxygen atoms in total. The van der Waals surface area contributed by atoms with E-state index in [1.807, 2.05) is 0 Å². The number of anilines is 3. The molecule has 0 amide bonds. The molecule has 1 aliphatic carbocycles. The molecule has 8 aromatic rings. The van der Waals surface area contributed by atoms with Crippen molar-refractivity contribution < 1.29 is 0 Å². The van der Waals surface area contributed by atoms with Crippen LogP contribution in [0, 0.1) is 0 Å². The van der Waals surface area contributed by atoms with Gasteiger partial charge in [-0.25, -0.2) is 0 Å². The molecule has 212 valence electrons. The van der Waals surface area contributed by atoms with Crippen molar-refractivity contribution in [3.05, 3.63) is 181 Å². The Kier molecular flexibility index (Phi) is 5.92. The van der Waals surface area contributed by atoms with Crippen LogP contribution in [0.1, 0.15) is 11.1 Å². The van der Waals surface area contributed by atoms with Crippen molar-refractivity contribution >= 4 is 38.9 Å². The number of hydrogen-bond donors (Lipinski definition) is 0. The predicted molar refractivity (Wildman–Crippen MR) is 189 cm³/mol. The fraction of sp³-hybridized carbons (Fsp3) is 0.0233. The smallest absolute Gasteiger partial charge is 0.0544 e. The normalized spacial score (nSPS) is 11.9. The second-order valence-electron chi connectivity index (χ2n) is 11.8. The van der Waals surface area contributed by atoms with Gasteiger partial charge in [0.2, 0.25) is 0 Å². The Labute approximate surface area is 263 Å². The largest absolute Gasteiger partial charge is 0.311 e. The van der Waals surface area contributed by atoms with Crippen molar-refractivity contribution in [3.8, 4) is 27.9 Å². The van der Waals surface area contributed by atoms with Crippen LogP contribution in [-0.2, 0) is 6.42 Å². The van der Waals surface area contributed by atoms with Crippen molar-refractivity contribution in [3.63, 3.8) is 0 Å². The number of fused-ring (bicyclic) bond motifs is 7. The maximum Gasteiger partial charge on any atom is 0.0544 e. The van der Waals surface area contributed by atoms with Gasteiger partial charge in [0, 0.05) is 33.5 Å². The zero-order valence-corrected chi connectivity index (χ0v) is 24.8. The first-order valence-corrected chi connectivity index (χ1v) is 15.6. The first kappa shape index (κ1) is 25.6. The van der Waals surface area contributed by atoms with Gasteiger partial charge in [-0.05, 0) is 100 Å². The summed E-state index contributed by atoms with van der Waals surface area (Å²) in [5, 5.41) is 2.68. The lowest BCUT2D eigenvalue weighted by molar-refractivity contribution is 1.17. The van der Waals surface area contributed by atoms with Gasteiger partial charge in [-0.15, -0.1) is 0 Å². The Bertz CT molecular complexity index is 2310. The Morgan fingerprint density at radius 3 is 1.80 bits per heavy atom. The van der Waals surface area contributed by atoms with E-state index >= 15 is 0 Å². The van der Waals surface area contributed by atoms with E-state index in [0.29, 0.717) is 0 Å². The molecular formula is C43H30N2. The van der Waals surface area contributed by atoms with Crippen molar-refractivity contribution in [2.75, 3.05) is 4.90 Å². The van der Waals surface area contributed by atoms with Crippen LogP contribution >= 0.6 is 0 Å². The van der Waals surface area contributed by atoms with Gasteiger partial charge in [-0.3, -0.25) is 0 Å². The third-order valence-corrected chi connectivity index (χ3v) is 9.23. The van der Waals surface area contributed by atoms with Crippen LogP contribution in [0.3, 0.4) is 0 Å². The van der Waals surface area contributed by atoms with Gasteiger partial charge in [0.15, 0.2) is 0 Å². The summed E-state index contributed by atoms with van der Waals surface area (Å²) in [6.45, 7) is 0. The monoisotopic (exact) mass is 574 g/mol. The third kappa shape index (κ3) is 4.18. The minimum atomic E-state index is 0.977. The molecule has 0 saturated heterocycles. The van der Waals surface area contributed by atoms with E-state index in [0.717, 1.165) is 29.2 Å². The summed E-state index contributed by atoms with van der Waals surface area (Å²) in [4.78, 5) is 2.33. The highest BCUT2D eigenvalue weighted by Gasteiger charge is 2.24. The van der Waals surface area contributed by atoms with E-state index in [4.69, 9.17) is 0 Å². The predicted octanol–water partition coefficient (Wildman–Crippen LogP) is 11.5. The number of rotatable bonds is 5. The fourth-order valence-electron chi connectivity index (χ4n) is 7.18. The lowest BCUT2D eigenvalue weighted by Crippen LogP contribution is -2.10. The van der Waals surface area contributed by atoms with Crippen LogP contribution in [-0.4, -0.2) is 4.57 Å². The third-order valence-electron chi connectivity index (χ3n) is 9.23. The minimum absolute atomic E-state index is 0.977. The van der Waals surface area contributed by atoms with Gasteiger partial charge in [0.1, 0.15) is 0 Å². The van der Waals surface area contributed by atoms with E-state index < -0.39 is 0 Å². The molecule has 0 saturated carbocycles. The summed E-state index contributed by atoms with van der Waals surface area (Å²) < 4.78 is 2.43. The highest BCUT2D eigenvalue weighted by Crippen LogP contribution is 2.44. The van der Waals surface area contributed by atoms with Gasteiger partial charge in [-0.1, -0.05) is 109 Å². The van der Waals surface area contributed by atoms with E-state index in [1.54, 1.807) is 0 Å². The van der Waals surface area contributed by atoms with Gasteiger partial charge in [0.05, 0.1) is 11.0 Å². The molecule has 0 radical (unpaired) electrons. The zero-order valence-electron chi connectivity index (χ0n) is 24.8. The minimum Gasteiger partial charge on any atom is -0.311 e. The molecule has 1 aliphatic rings. The number of hydrogen-bond acceptors (Lipinski definition) is 1. The number of benzene rings is 7. The van der Waals surface area contributed by atoms with Gasteiger partial charge in [-0.2, -0.15) is 0 Å². The fourth-order valence-corrected chi connectivity index (χ4v) is 7.18. The van der Waals surface area contributed by atoms with Crippen LogP contribution in [0.15, 0.2) is 170 Å². The molecule has 7 aromatic carbocycles. The average molecular weight is 575 g/mol. The molecule has 0 aliphatic heterocycles. The summed E-state index contributed by atoms with van der Waals surface area (Å²) >= 11 is 0. The summed E-state index contributed by atoms with van der Waals surface area (Å²) in [6, 6.07) is 61.4. The maximum absolute atomic E-state index is 2.43. The topological polar surface area (TPSA) is 8.17 Å². The number of aromatic nitrogens is 1. The zero-order chi connectivity index (χ0) is 29.7. The van der Waals surface area contributed by atoms with Crippen molar-refractivity contribution in [2.45, 2.75) is 6.42 Å². The van der Waals surface area contributed by atoms with Crippen LogP contribution in [0.2, 0.25) is 0 Å². The molecule has 0 N–H and O–H groups in total.